The maximum absolute atomic E-state index is 13.0. The van der Waals surface area contributed by atoms with Crippen molar-refractivity contribution in [2.24, 2.45) is 0 Å². The first-order chi connectivity index (χ1) is 14.7. The van der Waals surface area contributed by atoms with E-state index in [4.69, 9.17) is 16.3 Å². The fourth-order valence-corrected chi connectivity index (χ4v) is 3.55. The van der Waals surface area contributed by atoms with Gasteiger partial charge in [0.2, 0.25) is 11.2 Å². The zero-order valence-corrected chi connectivity index (χ0v) is 19.8. The molecule has 3 rings (SSSR count). The van der Waals surface area contributed by atoms with Crippen LogP contribution in [0.4, 0.5) is 10.3 Å². The van der Waals surface area contributed by atoms with E-state index in [2.05, 4.69) is 54.9 Å². The first kappa shape index (κ1) is 23.2. The van der Waals surface area contributed by atoms with E-state index in [-0.39, 0.29) is 17.3 Å². The van der Waals surface area contributed by atoms with Crippen LogP contribution in [-0.4, -0.2) is 49.2 Å². The van der Waals surface area contributed by atoms with Gasteiger partial charge < -0.3 is 14.6 Å². The smallest absolute Gasteiger partial charge is 0.227 e. The summed E-state index contributed by atoms with van der Waals surface area (Å²) in [5.74, 6) is 0.666. The number of rotatable bonds is 10. The van der Waals surface area contributed by atoms with Gasteiger partial charge in [-0.15, -0.1) is 0 Å². The van der Waals surface area contributed by atoms with Crippen molar-refractivity contribution in [2.75, 3.05) is 11.9 Å². The number of aromatic nitrogens is 7. The Morgan fingerprint density at radius 3 is 2.61 bits per heavy atom. The molecule has 9 nitrogen and oxygen atoms in total. The van der Waals surface area contributed by atoms with E-state index in [9.17, 15) is 4.39 Å². The second kappa shape index (κ2) is 10.2. The van der Waals surface area contributed by atoms with E-state index in [1.807, 2.05) is 17.7 Å². The maximum Gasteiger partial charge on any atom is 0.227 e. The molecule has 0 aromatic carbocycles. The summed E-state index contributed by atoms with van der Waals surface area (Å²) in [6, 6.07) is 0.772. The summed E-state index contributed by atoms with van der Waals surface area (Å²) in [6.07, 6.45) is 6.23. The standard InChI is InChI=1S/C19H26ClFN8OSi/c1-13(17-22-8-14(21)9-23-17)25-19-27-16(26-18(20)28-19)7-15-10-29(11-24-15)12-30-5-6-31(2,3)4/h8-11,13H,5-7,12H2,1-4H3,(H,25,26,27,28)/t13-/m0/s1. The first-order valence-electron chi connectivity index (χ1n) is 9.91. The van der Waals surface area contributed by atoms with Crippen molar-refractivity contribution in [1.29, 1.82) is 0 Å². The Labute approximate surface area is 186 Å². The van der Waals surface area contributed by atoms with Crippen molar-refractivity contribution < 1.29 is 9.13 Å². The van der Waals surface area contributed by atoms with Crippen molar-refractivity contribution in [3.05, 3.63) is 53.4 Å². The zero-order valence-electron chi connectivity index (χ0n) is 18.0. The fraction of sp³-hybridized carbons (Fsp3) is 0.474. The van der Waals surface area contributed by atoms with Gasteiger partial charge in [-0.3, -0.25) is 0 Å². The molecule has 0 radical (unpaired) electrons. The van der Waals surface area contributed by atoms with Gasteiger partial charge in [0.25, 0.3) is 0 Å². The van der Waals surface area contributed by atoms with E-state index < -0.39 is 13.9 Å². The van der Waals surface area contributed by atoms with E-state index in [1.165, 1.54) is 0 Å². The minimum Gasteiger partial charge on any atom is -0.361 e. The lowest BCUT2D eigenvalue weighted by Crippen LogP contribution is -2.21. The molecule has 0 bridgehead atoms. The third-order valence-corrected chi connectivity index (χ3v) is 6.16. The summed E-state index contributed by atoms with van der Waals surface area (Å²) in [7, 11) is -1.10. The third kappa shape index (κ3) is 7.60. The van der Waals surface area contributed by atoms with Crippen molar-refractivity contribution in [3.8, 4) is 0 Å². The van der Waals surface area contributed by atoms with Crippen LogP contribution in [0.15, 0.2) is 24.9 Å². The van der Waals surface area contributed by atoms with Crippen LogP contribution in [0, 0.1) is 5.82 Å². The molecule has 0 saturated heterocycles. The van der Waals surface area contributed by atoms with Gasteiger partial charge in [-0.2, -0.15) is 9.97 Å². The van der Waals surface area contributed by atoms with Gasteiger partial charge in [0, 0.05) is 20.9 Å². The van der Waals surface area contributed by atoms with Crippen LogP contribution < -0.4 is 5.32 Å². The molecule has 0 aliphatic carbocycles. The largest absolute Gasteiger partial charge is 0.361 e. The van der Waals surface area contributed by atoms with Crippen LogP contribution in [0.2, 0.25) is 31.0 Å². The lowest BCUT2D eigenvalue weighted by Gasteiger charge is -2.15. The van der Waals surface area contributed by atoms with Crippen LogP contribution in [0.3, 0.4) is 0 Å². The zero-order chi connectivity index (χ0) is 22.4. The highest BCUT2D eigenvalue weighted by atomic mass is 35.5. The molecule has 0 unspecified atom stereocenters. The van der Waals surface area contributed by atoms with Gasteiger partial charge in [0.05, 0.1) is 36.9 Å². The highest BCUT2D eigenvalue weighted by molar-refractivity contribution is 6.76. The van der Waals surface area contributed by atoms with Gasteiger partial charge in [0.1, 0.15) is 18.4 Å². The summed E-state index contributed by atoms with van der Waals surface area (Å²) in [5, 5.41) is 3.12. The van der Waals surface area contributed by atoms with Gasteiger partial charge in [0.15, 0.2) is 5.82 Å². The maximum atomic E-state index is 13.0. The van der Waals surface area contributed by atoms with E-state index >= 15 is 0 Å². The summed E-state index contributed by atoms with van der Waals surface area (Å²) >= 11 is 6.07. The van der Waals surface area contributed by atoms with Crippen LogP contribution in [0.25, 0.3) is 0 Å². The van der Waals surface area contributed by atoms with E-state index in [1.54, 1.807) is 6.33 Å². The quantitative estimate of drug-likeness (QED) is 0.357. The highest BCUT2D eigenvalue weighted by Crippen LogP contribution is 2.15. The molecule has 0 fully saturated rings. The number of nitrogens with one attached hydrogen (secondary N) is 1. The molecular weight excluding hydrogens is 439 g/mol. The molecular formula is C19H26ClFN8OSi. The van der Waals surface area contributed by atoms with Crippen LogP contribution >= 0.6 is 11.6 Å². The molecule has 12 heteroatoms. The number of imidazole rings is 1. The first-order valence-corrected chi connectivity index (χ1v) is 14.0. The summed E-state index contributed by atoms with van der Waals surface area (Å²) in [5.41, 5.74) is 0.789. The number of nitrogens with zero attached hydrogens (tertiary/aromatic N) is 7. The molecule has 0 aliphatic heterocycles. The molecule has 1 N–H and O–H groups in total. The Hall–Kier alpha value is -2.50. The second-order valence-electron chi connectivity index (χ2n) is 8.37. The number of halogens is 2. The minimum absolute atomic E-state index is 0.0637. The Balaban J connectivity index is 1.59. The van der Waals surface area contributed by atoms with Gasteiger partial charge in [-0.05, 0) is 24.6 Å². The molecule has 0 saturated carbocycles. The summed E-state index contributed by atoms with van der Waals surface area (Å²) in [6.45, 7) is 9.98. The summed E-state index contributed by atoms with van der Waals surface area (Å²) in [4.78, 5) is 25.0. The monoisotopic (exact) mass is 464 g/mol. The lowest BCUT2D eigenvalue weighted by atomic mass is 10.3. The summed E-state index contributed by atoms with van der Waals surface area (Å²) < 4.78 is 20.6. The SMILES string of the molecule is C[C@H](Nc1nc(Cl)nc(Cc2cn(COCC[Si](C)(C)C)cn2)n1)c1ncc(F)cn1. The van der Waals surface area contributed by atoms with Gasteiger partial charge in [-0.25, -0.2) is 24.3 Å². The molecule has 3 heterocycles. The molecule has 0 aliphatic rings. The Kier molecular flexibility index (Phi) is 7.63. The molecule has 3 aromatic rings. The third-order valence-electron chi connectivity index (χ3n) is 4.29. The fourth-order valence-electron chi connectivity index (χ4n) is 2.62. The van der Waals surface area contributed by atoms with Gasteiger partial charge >= 0.3 is 0 Å². The van der Waals surface area contributed by atoms with Crippen molar-refractivity contribution in [1.82, 2.24) is 34.5 Å². The van der Waals surface area contributed by atoms with Crippen molar-refractivity contribution in [2.45, 2.75) is 51.8 Å². The predicted molar refractivity (Wildman–Crippen MR) is 118 cm³/mol. The van der Waals surface area contributed by atoms with Crippen LogP contribution in [-0.2, 0) is 17.9 Å². The Morgan fingerprint density at radius 1 is 1.16 bits per heavy atom. The number of hydrogen-bond acceptors (Lipinski definition) is 8. The van der Waals surface area contributed by atoms with Crippen LogP contribution in [0.1, 0.15) is 30.3 Å². The molecule has 0 amide bonds. The number of ether oxygens (including phenoxy) is 1. The normalized spacial score (nSPS) is 12.7. The molecule has 31 heavy (non-hydrogen) atoms. The molecule has 166 valence electrons. The minimum atomic E-state index is -1.10. The average Bonchev–Trinajstić information content (AvgIpc) is 3.11. The highest BCUT2D eigenvalue weighted by Gasteiger charge is 2.14. The molecule has 0 spiro atoms. The molecule has 3 aromatic heterocycles. The number of anilines is 1. The molecule has 1 atom stereocenters. The van der Waals surface area contributed by atoms with Gasteiger partial charge in [-0.1, -0.05) is 19.6 Å². The topological polar surface area (TPSA) is 104 Å². The predicted octanol–water partition coefficient (Wildman–Crippen LogP) is 3.73. The van der Waals surface area contributed by atoms with E-state index in [0.717, 1.165) is 30.7 Å². The lowest BCUT2D eigenvalue weighted by molar-refractivity contribution is 0.0871. The number of hydrogen-bond donors (Lipinski definition) is 1. The Bertz CT molecular complexity index is 995. The average molecular weight is 465 g/mol. The second-order valence-corrected chi connectivity index (χ2v) is 14.3. The van der Waals surface area contributed by atoms with Crippen molar-refractivity contribution in [3.63, 3.8) is 0 Å². The Morgan fingerprint density at radius 2 is 1.90 bits per heavy atom. The van der Waals surface area contributed by atoms with Crippen molar-refractivity contribution >= 4 is 25.6 Å². The van der Waals surface area contributed by atoms with E-state index in [0.29, 0.717) is 24.8 Å². The van der Waals surface area contributed by atoms with Crippen LogP contribution in [0.5, 0.6) is 0 Å².